The van der Waals surface area contributed by atoms with E-state index in [4.69, 9.17) is 5.73 Å². The van der Waals surface area contributed by atoms with E-state index in [1.807, 2.05) is 0 Å². The fraction of sp³-hybridized carbons (Fsp3) is 0.529. The fourth-order valence-corrected chi connectivity index (χ4v) is 5.62. The number of urea groups is 1. The number of carbonyl (C=O) groups is 2. The number of anilines is 1. The molecular weight excluding hydrogens is 443 g/mol. The second kappa shape index (κ2) is 7.17. The second-order valence-electron chi connectivity index (χ2n) is 7.38. The van der Waals surface area contributed by atoms with E-state index in [0.717, 1.165) is 27.6 Å². The topological polar surface area (TPSA) is 121 Å². The molecule has 0 radical (unpaired) electrons. The van der Waals surface area contributed by atoms with Crippen molar-refractivity contribution in [1.82, 2.24) is 14.9 Å². The Hall–Kier alpha value is -2.25. The van der Waals surface area contributed by atoms with Crippen molar-refractivity contribution in [1.29, 1.82) is 0 Å². The van der Waals surface area contributed by atoms with Crippen LogP contribution in [-0.4, -0.2) is 56.8 Å². The molecule has 0 spiro atoms. The number of aromatic nitrogens is 2. The first-order valence-corrected chi connectivity index (χ1v) is 10.8. The highest BCUT2D eigenvalue weighted by molar-refractivity contribution is 7.19. The number of aliphatic hydroxyl groups is 1. The van der Waals surface area contributed by atoms with Crippen LogP contribution in [0.15, 0.2) is 5.38 Å². The number of likely N-dealkylation sites (tertiary alicyclic amines) is 1. The summed E-state index contributed by atoms with van der Waals surface area (Å²) in [7, 11) is 0. The Morgan fingerprint density at radius 1 is 1.37 bits per heavy atom. The highest BCUT2D eigenvalue weighted by Crippen LogP contribution is 2.59. The third-order valence-corrected chi connectivity index (χ3v) is 7.51. The van der Waals surface area contributed by atoms with Gasteiger partial charge in [-0.2, -0.15) is 13.2 Å². The molecule has 2 fully saturated rings. The summed E-state index contributed by atoms with van der Waals surface area (Å²) in [5.74, 6) is -0.806. The summed E-state index contributed by atoms with van der Waals surface area (Å²) in [6, 6.07) is -1.76. The van der Waals surface area contributed by atoms with Crippen molar-refractivity contribution < 1.29 is 27.9 Å². The number of halogens is 3. The van der Waals surface area contributed by atoms with Gasteiger partial charge in [-0.05, 0) is 26.2 Å². The first kappa shape index (κ1) is 21.0. The highest BCUT2D eigenvalue weighted by atomic mass is 32.1. The van der Waals surface area contributed by atoms with Gasteiger partial charge < -0.3 is 15.7 Å². The SMILES string of the molecule is Cc1nc(NC(=O)N2CC[C@@H](O)[C@H]2C(N)=O)sc1-c1csc(C2(C(F)(F)F)CC2)n1. The molecule has 2 atom stereocenters. The summed E-state index contributed by atoms with van der Waals surface area (Å²) < 4.78 is 40.0. The van der Waals surface area contributed by atoms with Crippen molar-refractivity contribution in [2.75, 3.05) is 11.9 Å². The molecule has 1 aliphatic carbocycles. The maximum Gasteiger partial charge on any atom is 0.400 e. The number of carbonyl (C=O) groups excluding carboxylic acids is 2. The summed E-state index contributed by atoms with van der Waals surface area (Å²) in [5, 5.41) is 14.2. The van der Waals surface area contributed by atoms with E-state index in [1.54, 1.807) is 12.3 Å². The molecule has 1 saturated heterocycles. The molecule has 2 aromatic rings. The molecule has 3 heterocycles. The zero-order valence-electron chi connectivity index (χ0n) is 15.7. The van der Waals surface area contributed by atoms with E-state index >= 15 is 0 Å². The molecule has 13 heteroatoms. The van der Waals surface area contributed by atoms with Gasteiger partial charge in [0.15, 0.2) is 5.13 Å². The van der Waals surface area contributed by atoms with Crippen molar-refractivity contribution >= 4 is 39.7 Å². The first-order valence-electron chi connectivity index (χ1n) is 9.09. The lowest BCUT2D eigenvalue weighted by atomic mass is 10.1. The monoisotopic (exact) mass is 461 g/mol. The van der Waals surface area contributed by atoms with Crippen molar-refractivity contribution in [2.24, 2.45) is 5.73 Å². The zero-order chi connectivity index (χ0) is 21.8. The van der Waals surface area contributed by atoms with Gasteiger partial charge in [0.1, 0.15) is 16.5 Å². The molecular formula is C17H18F3N5O3S2. The average Bonchev–Trinajstić information content (AvgIpc) is 2.98. The van der Waals surface area contributed by atoms with Crippen LogP contribution in [0, 0.1) is 6.92 Å². The summed E-state index contributed by atoms with van der Waals surface area (Å²) in [6.07, 6.45) is -5.06. The molecule has 2 aliphatic rings. The van der Waals surface area contributed by atoms with Crippen molar-refractivity contribution in [2.45, 2.75) is 49.9 Å². The van der Waals surface area contributed by atoms with Crippen LogP contribution >= 0.6 is 22.7 Å². The minimum absolute atomic E-state index is 0.0369. The first-order chi connectivity index (χ1) is 14.0. The van der Waals surface area contributed by atoms with Crippen LogP contribution in [0.5, 0.6) is 0 Å². The number of nitrogens with two attached hydrogens (primary N) is 1. The van der Waals surface area contributed by atoms with E-state index < -0.39 is 35.7 Å². The molecule has 1 aliphatic heterocycles. The van der Waals surface area contributed by atoms with Gasteiger partial charge >= 0.3 is 12.2 Å². The number of hydrogen-bond donors (Lipinski definition) is 3. The molecule has 2 aromatic heterocycles. The largest absolute Gasteiger partial charge is 0.400 e. The molecule has 4 rings (SSSR count). The summed E-state index contributed by atoms with van der Waals surface area (Å²) in [6.45, 7) is 1.83. The number of alkyl halides is 3. The van der Waals surface area contributed by atoms with Crippen LogP contribution in [0.2, 0.25) is 0 Å². The van der Waals surface area contributed by atoms with Crippen LogP contribution in [-0.2, 0) is 10.2 Å². The van der Waals surface area contributed by atoms with E-state index in [0.29, 0.717) is 16.3 Å². The van der Waals surface area contributed by atoms with Gasteiger partial charge in [-0.1, -0.05) is 11.3 Å². The zero-order valence-corrected chi connectivity index (χ0v) is 17.3. The molecule has 3 amide bonds. The fourth-order valence-electron chi connectivity index (χ4n) is 3.54. The lowest BCUT2D eigenvalue weighted by Gasteiger charge is -2.23. The molecule has 0 aromatic carbocycles. The van der Waals surface area contributed by atoms with Gasteiger partial charge in [0.25, 0.3) is 0 Å². The minimum atomic E-state index is -4.33. The number of nitrogens with one attached hydrogen (secondary N) is 1. The maximum absolute atomic E-state index is 13.3. The van der Waals surface area contributed by atoms with Crippen LogP contribution < -0.4 is 11.1 Å². The number of primary amides is 1. The standard InChI is InChI=1S/C17H18F3N5O3S2/c1-7-11(8-6-29-13(23-8)16(3-4-16)17(18,19)20)30-14(22-7)24-15(28)25-5-2-9(26)10(25)12(21)27/h6,9-10,26H,2-5H2,1H3,(H2,21,27)(H,22,24,28)/t9-,10+/m1/s1. The van der Waals surface area contributed by atoms with Crippen molar-refractivity contribution in [3.05, 3.63) is 16.1 Å². The molecule has 1 saturated carbocycles. The highest BCUT2D eigenvalue weighted by Gasteiger charge is 2.66. The van der Waals surface area contributed by atoms with Crippen LogP contribution in [0.1, 0.15) is 30.0 Å². The maximum atomic E-state index is 13.3. The van der Waals surface area contributed by atoms with Gasteiger partial charge in [0, 0.05) is 11.9 Å². The minimum Gasteiger partial charge on any atom is -0.390 e. The predicted octanol–water partition coefficient (Wildman–Crippen LogP) is 2.62. The van der Waals surface area contributed by atoms with E-state index in [9.17, 15) is 27.9 Å². The van der Waals surface area contributed by atoms with Gasteiger partial charge in [0.05, 0.1) is 22.4 Å². The van der Waals surface area contributed by atoms with E-state index in [-0.39, 0.29) is 35.9 Å². The second-order valence-corrected chi connectivity index (χ2v) is 9.24. The molecule has 0 unspecified atom stereocenters. The number of rotatable bonds is 4. The Morgan fingerprint density at radius 3 is 2.67 bits per heavy atom. The molecule has 0 bridgehead atoms. The third kappa shape index (κ3) is 3.44. The predicted molar refractivity (Wildman–Crippen MR) is 104 cm³/mol. The Balaban J connectivity index is 1.52. The Morgan fingerprint density at radius 2 is 2.07 bits per heavy atom. The quantitative estimate of drug-likeness (QED) is 0.646. The van der Waals surface area contributed by atoms with Crippen molar-refractivity contribution in [3.8, 4) is 10.6 Å². The third-order valence-electron chi connectivity index (χ3n) is 5.37. The normalized spacial score (nSPS) is 22.9. The van der Waals surface area contributed by atoms with Gasteiger partial charge in [-0.3, -0.25) is 10.1 Å². The lowest BCUT2D eigenvalue weighted by molar-refractivity contribution is -0.160. The van der Waals surface area contributed by atoms with Gasteiger partial charge in [-0.25, -0.2) is 14.8 Å². The average molecular weight is 461 g/mol. The summed E-state index contributed by atoms with van der Waals surface area (Å²) in [5.41, 5.74) is 4.32. The number of aliphatic hydroxyl groups excluding tert-OH is 1. The molecule has 30 heavy (non-hydrogen) atoms. The number of amides is 3. The van der Waals surface area contributed by atoms with Crippen LogP contribution in [0.3, 0.4) is 0 Å². The van der Waals surface area contributed by atoms with E-state index in [1.165, 1.54) is 0 Å². The Bertz CT molecular complexity index is 1000. The van der Waals surface area contributed by atoms with Gasteiger partial charge in [0.2, 0.25) is 5.91 Å². The number of nitrogens with zero attached hydrogens (tertiary/aromatic N) is 3. The summed E-state index contributed by atoms with van der Waals surface area (Å²) >= 11 is 2.05. The Kier molecular flexibility index (Phi) is 5.02. The van der Waals surface area contributed by atoms with Crippen molar-refractivity contribution in [3.63, 3.8) is 0 Å². The van der Waals surface area contributed by atoms with Gasteiger partial charge in [-0.15, -0.1) is 11.3 Å². The smallest absolute Gasteiger partial charge is 0.390 e. The van der Waals surface area contributed by atoms with E-state index in [2.05, 4.69) is 15.3 Å². The van der Waals surface area contributed by atoms with Crippen LogP contribution in [0.4, 0.5) is 23.1 Å². The Labute approximate surface area is 176 Å². The number of thiazole rings is 2. The lowest BCUT2D eigenvalue weighted by Crippen LogP contribution is -2.49. The molecule has 4 N–H and O–H groups in total. The molecule has 8 nitrogen and oxygen atoms in total. The van der Waals surface area contributed by atoms with Crippen LogP contribution in [0.25, 0.3) is 10.6 Å². The molecule has 162 valence electrons. The summed E-state index contributed by atoms with van der Waals surface area (Å²) in [4.78, 5) is 34.2. The number of hydrogen-bond acceptors (Lipinski definition) is 7. The number of aryl methyl sites for hydroxylation is 1.